The second-order valence-corrected chi connectivity index (χ2v) is 6.11. The molecule has 1 fully saturated rings. The fourth-order valence-electron chi connectivity index (χ4n) is 3.19. The molecule has 2 atom stereocenters. The van der Waals surface area contributed by atoms with Gasteiger partial charge < -0.3 is 24.8 Å². The summed E-state index contributed by atoms with van der Waals surface area (Å²) in [6, 6.07) is 4.20. The van der Waals surface area contributed by atoms with Gasteiger partial charge in [-0.1, -0.05) is 6.07 Å². The summed E-state index contributed by atoms with van der Waals surface area (Å²) in [7, 11) is 4.79. The molecule has 0 saturated carbocycles. The third kappa shape index (κ3) is 4.32. The van der Waals surface area contributed by atoms with Gasteiger partial charge in [-0.15, -0.1) is 0 Å². The molecule has 0 bridgehead atoms. The van der Waals surface area contributed by atoms with E-state index in [1.807, 2.05) is 12.1 Å². The summed E-state index contributed by atoms with van der Waals surface area (Å²) in [5.74, 6) is 2.11. The second-order valence-electron chi connectivity index (χ2n) is 6.11. The van der Waals surface area contributed by atoms with E-state index in [-0.39, 0.29) is 11.8 Å². The molecule has 0 aliphatic carbocycles. The lowest BCUT2D eigenvalue weighted by atomic mass is 9.92. The van der Waals surface area contributed by atoms with E-state index in [2.05, 4.69) is 17.6 Å². The predicted octanol–water partition coefficient (Wildman–Crippen LogP) is 1.76. The summed E-state index contributed by atoms with van der Waals surface area (Å²) >= 11 is 0. The van der Waals surface area contributed by atoms with E-state index in [0.717, 1.165) is 24.9 Å². The van der Waals surface area contributed by atoms with Gasteiger partial charge in [-0.05, 0) is 38.8 Å². The summed E-state index contributed by atoms with van der Waals surface area (Å²) in [4.78, 5) is 12.3. The summed E-state index contributed by atoms with van der Waals surface area (Å²) in [5.41, 5.74) is 0.981. The number of methoxy groups -OCH3 is 3. The molecule has 0 unspecified atom stereocenters. The Balaban J connectivity index is 1.95. The summed E-state index contributed by atoms with van der Waals surface area (Å²) in [6.07, 6.45) is 2.47. The van der Waals surface area contributed by atoms with Crippen molar-refractivity contribution < 1.29 is 19.0 Å². The van der Waals surface area contributed by atoms with Gasteiger partial charge in [0.2, 0.25) is 11.7 Å². The zero-order valence-electron chi connectivity index (χ0n) is 15.0. The molecular formula is C18H28N2O4. The molecule has 0 aromatic heterocycles. The van der Waals surface area contributed by atoms with Crippen molar-refractivity contribution in [2.24, 2.45) is 5.92 Å². The molecule has 1 amide bonds. The van der Waals surface area contributed by atoms with E-state index in [4.69, 9.17) is 14.2 Å². The number of rotatable bonds is 7. The molecule has 1 aliphatic heterocycles. The smallest absolute Gasteiger partial charge is 0.223 e. The lowest BCUT2D eigenvalue weighted by molar-refractivity contribution is -0.126. The van der Waals surface area contributed by atoms with E-state index in [1.54, 1.807) is 21.3 Å². The van der Waals surface area contributed by atoms with E-state index in [9.17, 15) is 4.79 Å². The largest absolute Gasteiger partial charge is 0.493 e. The number of piperidine rings is 1. The van der Waals surface area contributed by atoms with Crippen molar-refractivity contribution >= 4 is 5.91 Å². The maximum absolute atomic E-state index is 12.3. The highest BCUT2D eigenvalue weighted by molar-refractivity contribution is 5.78. The molecule has 1 saturated heterocycles. The molecule has 2 rings (SSSR count). The molecule has 134 valence electrons. The predicted molar refractivity (Wildman–Crippen MR) is 93.0 cm³/mol. The van der Waals surface area contributed by atoms with Crippen molar-refractivity contribution in [1.29, 1.82) is 0 Å². The Morgan fingerprint density at radius 2 is 1.96 bits per heavy atom. The van der Waals surface area contributed by atoms with E-state index < -0.39 is 0 Å². The molecular weight excluding hydrogens is 308 g/mol. The van der Waals surface area contributed by atoms with Crippen molar-refractivity contribution in [3.63, 3.8) is 0 Å². The molecule has 0 spiro atoms. The van der Waals surface area contributed by atoms with Gasteiger partial charge in [0.05, 0.1) is 21.3 Å². The SMILES string of the molecule is COc1ccc(CCNC(=O)[C@H]2CCN[C@@H](C)C2)c(OC)c1OC. The molecule has 6 nitrogen and oxygen atoms in total. The molecule has 0 radical (unpaired) electrons. The Labute approximate surface area is 143 Å². The van der Waals surface area contributed by atoms with Gasteiger partial charge >= 0.3 is 0 Å². The van der Waals surface area contributed by atoms with Crippen LogP contribution in [0.2, 0.25) is 0 Å². The van der Waals surface area contributed by atoms with Crippen molar-refractivity contribution in [2.45, 2.75) is 32.2 Å². The van der Waals surface area contributed by atoms with Crippen LogP contribution >= 0.6 is 0 Å². The van der Waals surface area contributed by atoms with Crippen LogP contribution < -0.4 is 24.8 Å². The van der Waals surface area contributed by atoms with Gasteiger partial charge in [-0.2, -0.15) is 0 Å². The zero-order valence-corrected chi connectivity index (χ0v) is 15.0. The van der Waals surface area contributed by atoms with E-state index in [0.29, 0.717) is 36.3 Å². The van der Waals surface area contributed by atoms with Crippen LogP contribution in [0.1, 0.15) is 25.3 Å². The van der Waals surface area contributed by atoms with Crippen molar-refractivity contribution in [2.75, 3.05) is 34.4 Å². The number of hydrogen-bond donors (Lipinski definition) is 2. The first kappa shape index (κ1) is 18.4. The fourth-order valence-corrected chi connectivity index (χ4v) is 3.19. The monoisotopic (exact) mass is 336 g/mol. The number of amides is 1. The Bertz CT molecular complexity index is 562. The highest BCUT2D eigenvalue weighted by atomic mass is 16.5. The quantitative estimate of drug-likeness (QED) is 0.794. The number of carbonyl (C=O) groups is 1. The van der Waals surface area contributed by atoms with Crippen LogP contribution in [-0.4, -0.2) is 46.4 Å². The minimum atomic E-state index is 0.105. The fraction of sp³-hybridized carbons (Fsp3) is 0.611. The molecule has 1 aromatic carbocycles. The van der Waals surface area contributed by atoms with Crippen LogP contribution in [0.15, 0.2) is 12.1 Å². The topological polar surface area (TPSA) is 68.8 Å². The number of carbonyl (C=O) groups excluding carboxylic acids is 1. The minimum absolute atomic E-state index is 0.105. The normalized spacial score (nSPS) is 20.3. The lowest BCUT2D eigenvalue weighted by Crippen LogP contribution is -2.42. The summed E-state index contributed by atoms with van der Waals surface area (Å²) in [6.45, 7) is 3.60. The first-order chi connectivity index (χ1) is 11.6. The number of benzene rings is 1. The number of hydrogen-bond acceptors (Lipinski definition) is 5. The molecule has 2 N–H and O–H groups in total. The Kier molecular flexibility index (Phi) is 6.73. The van der Waals surface area contributed by atoms with Gasteiger partial charge in [-0.25, -0.2) is 0 Å². The van der Waals surface area contributed by atoms with E-state index >= 15 is 0 Å². The third-order valence-electron chi connectivity index (χ3n) is 4.47. The minimum Gasteiger partial charge on any atom is -0.493 e. The zero-order chi connectivity index (χ0) is 17.5. The highest BCUT2D eigenvalue weighted by Crippen LogP contribution is 2.39. The number of nitrogens with one attached hydrogen (secondary N) is 2. The van der Waals surface area contributed by atoms with Crippen LogP contribution in [0.4, 0.5) is 0 Å². The van der Waals surface area contributed by atoms with Gasteiger partial charge in [0.1, 0.15) is 0 Å². The summed E-state index contributed by atoms with van der Waals surface area (Å²) < 4.78 is 16.1. The van der Waals surface area contributed by atoms with Crippen LogP contribution in [0, 0.1) is 5.92 Å². The Hall–Kier alpha value is -1.95. The Morgan fingerprint density at radius 1 is 1.21 bits per heavy atom. The van der Waals surface area contributed by atoms with Gasteiger partial charge in [0.15, 0.2) is 11.5 Å². The average molecular weight is 336 g/mol. The van der Waals surface area contributed by atoms with Crippen LogP contribution in [-0.2, 0) is 11.2 Å². The van der Waals surface area contributed by atoms with Crippen LogP contribution in [0.25, 0.3) is 0 Å². The maximum Gasteiger partial charge on any atom is 0.223 e. The maximum atomic E-state index is 12.3. The highest BCUT2D eigenvalue weighted by Gasteiger charge is 2.24. The van der Waals surface area contributed by atoms with Crippen molar-refractivity contribution in [1.82, 2.24) is 10.6 Å². The van der Waals surface area contributed by atoms with Crippen molar-refractivity contribution in [3.8, 4) is 17.2 Å². The molecule has 1 heterocycles. The number of ether oxygens (including phenoxy) is 3. The van der Waals surface area contributed by atoms with Gasteiger partial charge in [-0.3, -0.25) is 4.79 Å². The van der Waals surface area contributed by atoms with Crippen LogP contribution in [0.3, 0.4) is 0 Å². The average Bonchev–Trinajstić information content (AvgIpc) is 2.60. The molecule has 24 heavy (non-hydrogen) atoms. The van der Waals surface area contributed by atoms with Crippen LogP contribution in [0.5, 0.6) is 17.2 Å². The standard InChI is InChI=1S/C18H28N2O4/c1-12-11-14(8-9-19-12)18(21)20-10-7-13-5-6-15(22-2)17(24-4)16(13)23-3/h5-6,12,14,19H,7-11H2,1-4H3,(H,20,21)/t12-,14-/m0/s1. The molecule has 1 aliphatic rings. The van der Waals surface area contributed by atoms with E-state index in [1.165, 1.54) is 0 Å². The van der Waals surface area contributed by atoms with Gasteiger partial charge in [0.25, 0.3) is 0 Å². The molecule has 6 heteroatoms. The lowest BCUT2D eigenvalue weighted by Gasteiger charge is -2.27. The van der Waals surface area contributed by atoms with Gasteiger partial charge in [0, 0.05) is 24.1 Å². The summed E-state index contributed by atoms with van der Waals surface area (Å²) in [5, 5.41) is 6.41. The Morgan fingerprint density at radius 3 is 2.58 bits per heavy atom. The molecule has 1 aromatic rings. The first-order valence-corrected chi connectivity index (χ1v) is 8.39. The first-order valence-electron chi connectivity index (χ1n) is 8.39. The van der Waals surface area contributed by atoms with Crippen molar-refractivity contribution in [3.05, 3.63) is 17.7 Å². The second kappa shape index (κ2) is 8.78. The third-order valence-corrected chi connectivity index (χ3v) is 4.47.